The van der Waals surface area contributed by atoms with Crippen molar-refractivity contribution in [2.75, 3.05) is 13.6 Å². The number of aromatic nitrogens is 1. The highest BCUT2D eigenvalue weighted by atomic mass is 35.5. The van der Waals surface area contributed by atoms with Gasteiger partial charge in [-0.15, -0.1) is 24.8 Å². The van der Waals surface area contributed by atoms with Crippen LogP contribution >= 0.6 is 36.4 Å². The Balaban J connectivity index is 0.00000128. The van der Waals surface area contributed by atoms with Crippen LogP contribution in [0.2, 0.25) is 5.15 Å². The molecule has 1 aliphatic rings. The number of hydrogen-bond acceptors (Lipinski definition) is 3. The van der Waals surface area contributed by atoms with E-state index in [0.717, 1.165) is 6.54 Å². The van der Waals surface area contributed by atoms with E-state index in [-0.39, 0.29) is 24.8 Å². The van der Waals surface area contributed by atoms with Crippen molar-refractivity contribution in [1.82, 2.24) is 15.4 Å². The SMILES string of the molecule is CNN1CCCC[C@@H]1c1ccc(Cl)nc1.Cl.Cl. The molecule has 1 aliphatic heterocycles. The van der Waals surface area contributed by atoms with Gasteiger partial charge < -0.3 is 0 Å². The molecule has 0 spiro atoms. The number of pyridine rings is 1. The van der Waals surface area contributed by atoms with Crippen molar-refractivity contribution in [3.05, 3.63) is 29.0 Å². The first-order valence-electron chi connectivity index (χ1n) is 5.37. The van der Waals surface area contributed by atoms with E-state index < -0.39 is 0 Å². The molecule has 0 unspecified atom stereocenters. The second-order valence-corrected chi connectivity index (χ2v) is 4.23. The Hall–Kier alpha value is -0.0600. The first-order chi connectivity index (χ1) is 7.31. The molecule has 1 saturated heterocycles. The van der Waals surface area contributed by atoms with E-state index in [0.29, 0.717) is 11.2 Å². The molecule has 0 aromatic carbocycles. The Labute approximate surface area is 120 Å². The van der Waals surface area contributed by atoms with Gasteiger partial charge in [0.25, 0.3) is 0 Å². The minimum atomic E-state index is 0. The van der Waals surface area contributed by atoms with Gasteiger partial charge in [0.2, 0.25) is 0 Å². The zero-order chi connectivity index (χ0) is 10.7. The average Bonchev–Trinajstić information content (AvgIpc) is 2.30. The quantitative estimate of drug-likeness (QED) is 0.850. The second-order valence-electron chi connectivity index (χ2n) is 3.84. The van der Waals surface area contributed by atoms with Gasteiger partial charge in [-0.2, -0.15) is 0 Å². The van der Waals surface area contributed by atoms with Crippen molar-refractivity contribution in [3.8, 4) is 0 Å². The molecule has 1 aromatic heterocycles. The maximum absolute atomic E-state index is 5.78. The van der Waals surface area contributed by atoms with E-state index in [1.807, 2.05) is 19.3 Å². The van der Waals surface area contributed by atoms with Crippen molar-refractivity contribution in [2.45, 2.75) is 25.3 Å². The van der Waals surface area contributed by atoms with Gasteiger partial charge in [0, 0.05) is 12.7 Å². The molecule has 1 N–H and O–H groups in total. The van der Waals surface area contributed by atoms with Crippen LogP contribution in [0, 0.1) is 0 Å². The molecule has 98 valence electrons. The molecule has 0 bridgehead atoms. The van der Waals surface area contributed by atoms with Crippen LogP contribution in [0.4, 0.5) is 0 Å². The summed E-state index contributed by atoms with van der Waals surface area (Å²) in [7, 11) is 1.97. The lowest BCUT2D eigenvalue weighted by molar-refractivity contribution is 0.0982. The first kappa shape index (κ1) is 16.9. The number of nitrogens with one attached hydrogen (secondary N) is 1. The Morgan fingerprint density at radius 2 is 2.12 bits per heavy atom. The third kappa shape index (κ3) is 4.27. The molecule has 2 heterocycles. The monoisotopic (exact) mass is 297 g/mol. The molecule has 3 nitrogen and oxygen atoms in total. The number of nitrogens with zero attached hydrogens (tertiary/aromatic N) is 2. The van der Waals surface area contributed by atoms with Crippen molar-refractivity contribution >= 4 is 36.4 Å². The van der Waals surface area contributed by atoms with E-state index >= 15 is 0 Å². The van der Waals surface area contributed by atoms with E-state index in [1.54, 1.807) is 0 Å². The molecule has 6 heteroatoms. The summed E-state index contributed by atoms with van der Waals surface area (Å²) in [5, 5.41) is 2.83. The van der Waals surface area contributed by atoms with Gasteiger partial charge in [0.1, 0.15) is 5.15 Å². The highest BCUT2D eigenvalue weighted by molar-refractivity contribution is 6.29. The van der Waals surface area contributed by atoms with Gasteiger partial charge in [0.15, 0.2) is 0 Å². The van der Waals surface area contributed by atoms with Crippen LogP contribution in [-0.2, 0) is 0 Å². The summed E-state index contributed by atoms with van der Waals surface area (Å²) < 4.78 is 0. The Morgan fingerprint density at radius 1 is 1.35 bits per heavy atom. The fourth-order valence-corrected chi connectivity index (χ4v) is 2.24. The third-order valence-corrected chi connectivity index (χ3v) is 3.15. The molecule has 1 atom stereocenters. The van der Waals surface area contributed by atoms with Crippen molar-refractivity contribution in [1.29, 1.82) is 0 Å². The molecule has 17 heavy (non-hydrogen) atoms. The minimum Gasteiger partial charge on any atom is -0.258 e. The smallest absolute Gasteiger partial charge is 0.129 e. The molecule has 1 aromatic rings. The van der Waals surface area contributed by atoms with Gasteiger partial charge >= 0.3 is 0 Å². The molecule has 2 rings (SSSR count). The summed E-state index contributed by atoms with van der Waals surface area (Å²) in [6, 6.07) is 4.36. The van der Waals surface area contributed by atoms with Crippen LogP contribution in [-0.4, -0.2) is 23.6 Å². The predicted molar refractivity (Wildman–Crippen MR) is 76.1 cm³/mol. The number of piperidine rings is 1. The largest absolute Gasteiger partial charge is 0.258 e. The lowest BCUT2D eigenvalue weighted by Gasteiger charge is -2.34. The Kier molecular flexibility index (Phi) is 8.09. The number of rotatable bonds is 2. The maximum atomic E-state index is 5.78. The van der Waals surface area contributed by atoms with Gasteiger partial charge in [-0.1, -0.05) is 24.1 Å². The van der Waals surface area contributed by atoms with Crippen molar-refractivity contribution < 1.29 is 0 Å². The predicted octanol–water partition coefficient (Wildman–Crippen LogP) is 3.24. The topological polar surface area (TPSA) is 28.2 Å². The van der Waals surface area contributed by atoms with E-state index in [9.17, 15) is 0 Å². The zero-order valence-corrected chi connectivity index (χ0v) is 12.1. The third-order valence-electron chi connectivity index (χ3n) is 2.93. The number of hydrazine groups is 1. The van der Waals surface area contributed by atoms with Crippen molar-refractivity contribution in [3.63, 3.8) is 0 Å². The first-order valence-corrected chi connectivity index (χ1v) is 5.74. The van der Waals surface area contributed by atoms with Crippen molar-refractivity contribution in [2.24, 2.45) is 0 Å². The Bertz CT molecular complexity index is 318. The standard InChI is InChI=1S/C11H16ClN3.2ClH/c1-13-15-7-3-2-4-10(15)9-5-6-11(12)14-8-9;;/h5-6,8,10,13H,2-4,7H2,1H3;2*1H/t10-;;/m1../s1. The van der Waals surface area contributed by atoms with Gasteiger partial charge in [-0.25, -0.2) is 9.99 Å². The summed E-state index contributed by atoms with van der Waals surface area (Å²) >= 11 is 5.78. The van der Waals surface area contributed by atoms with E-state index in [4.69, 9.17) is 11.6 Å². The molecule has 1 fully saturated rings. The van der Waals surface area contributed by atoms with Gasteiger partial charge in [-0.05, 0) is 31.5 Å². The number of halogens is 3. The van der Waals surface area contributed by atoms with Crippen LogP contribution in [0.15, 0.2) is 18.3 Å². The minimum absolute atomic E-state index is 0. The summed E-state index contributed by atoms with van der Waals surface area (Å²) in [6.07, 6.45) is 5.61. The van der Waals surface area contributed by atoms with Gasteiger partial charge in [-0.3, -0.25) is 5.43 Å². The van der Waals surface area contributed by atoms with E-state index in [1.165, 1.54) is 24.8 Å². The molecule has 0 radical (unpaired) electrons. The molecular weight excluding hydrogens is 281 g/mol. The van der Waals surface area contributed by atoms with Crippen LogP contribution < -0.4 is 5.43 Å². The van der Waals surface area contributed by atoms with Gasteiger partial charge in [0.05, 0.1) is 6.04 Å². The molecule has 0 saturated carbocycles. The lowest BCUT2D eigenvalue weighted by atomic mass is 9.98. The average molecular weight is 299 g/mol. The fourth-order valence-electron chi connectivity index (χ4n) is 2.13. The molecule has 0 aliphatic carbocycles. The number of hydrogen-bond donors (Lipinski definition) is 1. The lowest BCUT2D eigenvalue weighted by Crippen LogP contribution is -2.41. The van der Waals surface area contributed by atoms with Crippen LogP contribution in [0.5, 0.6) is 0 Å². The van der Waals surface area contributed by atoms with E-state index in [2.05, 4.69) is 21.5 Å². The molecular formula is C11H18Cl3N3. The summed E-state index contributed by atoms with van der Waals surface area (Å²) in [5.74, 6) is 0. The summed E-state index contributed by atoms with van der Waals surface area (Å²) in [6.45, 7) is 1.10. The summed E-state index contributed by atoms with van der Waals surface area (Å²) in [5.41, 5.74) is 4.48. The fraction of sp³-hybridized carbons (Fsp3) is 0.545. The van der Waals surface area contributed by atoms with Crippen LogP contribution in [0.1, 0.15) is 30.9 Å². The highest BCUT2D eigenvalue weighted by Gasteiger charge is 2.22. The van der Waals surface area contributed by atoms with Crippen LogP contribution in [0.3, 0.4) is 0 Å². The Morgan fingerprint density at radius 3 is 2.71 bits per heavy atom. The zero-order valence-electron chi connectivity index (χ0n) is 9.73. The highest BCUT2D eigenvalue weighted by Crippen LogP contribution is 2.28. The second kappa shape index (κ2) is 8.11. The maximum Gasteiger partial charge on any atom is 0.129 e. The summed E-state index contributed by atoms with van der Waals surface area (Å²) in [4.78, 5) is 4.13. The molecule has 0 amide bonds. The normalized spacial score (nSPS) is 20.2. The van der Waals surface area contributed by atoms with Crippen LogP contribution in [0.25, 0.3) is 0 Å².